The summed E-state index contributed by atoms with van der Waals surface area (Å²) in [5.41, 5.74) is 5.22. The highest BCUT2D eigenvalue weighted by Gasteiger charge is 2.18. The summed E-state index contributed by atoms with van der Waals surface area (Å²) in [7, 11) is 0. The summed E-state index contributed by atoms with van der Waals surface area (Å²) >= 11 is 0. The predicted octanol–water partition coefficient (Wildman–Crippen LogP) is 13.1. The highest BCUT2D eigenvalue weighted by Crippen LogP contribution is 2.26. The summed E-state index contributed by atoms with van der Waals surface area (Å²) in [4.78, 5) is 52.6. The van der Waals surface area contributed by atoms with Crippen LogP contribution in [-0.4, -0.2) is 50.3 Å². The van der Waals surface area contributed by atoms with Crippen molar-refractivity contribution in [3.8, 4) is 11.1 Å². The van der Waals surface area contributed by atoms with Gasteiger partial charge in [0.05, 0.1) is 48.7 Å². The number of esters is 4. The van der Waals surface area contributed by atoms with E-state index >= 15 is 0 Å². The molecule has 0 saturated carbocycles. The third kappa shape index (κ3) is 18.6. The molecule has 0 radical (unpaired) electrons. The lowest BCUT2D eigenvalue weighted by Gasteiger charge is -2.12. The first-order chi connectivity index (χ1) is 29.6. The van der Waals surface area contributed by atoms with Gasteiger partial charge in [-0.1, -0.05) is 81.0 Å². The molecule has 0 saturated heterocycles. The fourth-order valence-corrected chi connectivity index (χ4v) is 6.39. The van der Waals surface area contributed by atoms with Crippen molar-refractivity contribution < 1.29 is 38.1 Å². The normalized spacial score (nSPS) is 11.3. The second-order valence-corrected chi connectivity index (χ2v) is 15.4. The summed E-state index contributed by atoms with van der Waals surface area (Å²) in [6.45, 7) is 18.6. The van der Waals surface area contributed by atoms with Crippen LogP contribution in [0.4, 0.5) is 0 Å². The van der Waals surface area contributed by atoms with Gasteiger partial charge in [-0.25, -0.2) is 19.2 Å². The molecule has 61 heavy (non-hydrogen) atoms. The Balaban J connectivity index is 1.80. The summed E-state index contributed by atoms with van der Waals surface area (Å²) in [5, 5.41) is 0. The monoisotopic (exact) mass is 830 g/mol. The zero-order chi connectivity index (χ0) is 44.2. The van der Waals surface area contributed by atoms with Gasteiger partial charge in [0.25, 0.3) is 0 Å². The molecule has 0 heterocycles. The molecule has 0 N–H and O–H groups in total. The average molecular weight is 831 g/mol. The molecule has 0 bridgehead atoms. The van der Waals surface area contributed by atoms with Gasteiger partial charge in [-0.05, 0) is 154 Å². The number of unbranched alkanes of at least 4 members (excludes halogenated alkanes) is 7. The summed E-state index contributed by atoms with van der Waals surface area (Å²) in [6.07, 6.45) is 22.1. The van der Waals surface area contributed by atoms with Gasteiger partial charge >= 0.3 is 23.9 Å². The first kappa shape index (κ1) is 49.6. The Morgan fingerprint density at radius 3 is 1.31 bits per heavy atom. The van der Waals surface area contributed by atoms with Gasteiger partial charge in [-0.3, -0.25) is 0 Å². The van der Waals surface area contributed by atoms with Gasteiger partial charge < -0.3 is 18.9 Å². The Morgan fingerprint density at radius 1 is 0.525 bits per heavy atom. The highest BCUT2D eigenvalue weighted by molar-refractivity contribution is 5.98. The molecule has 0 spiro atoms. The molecular weight excluding hydrogens is 765 g/mol. The van der Waals surface area contributed by atoms with Gasteiger partial charge in [0.1, 0.15) is 0 Å². The number of benzene rings is 3. The quantitative estimate of drug-likeness (QED) is 0.0224. The summed E-state index contributed by atoms with van der Waals surface area (Å²) in [5.74, 6) is -1.37. The van der Waals surface area contributed by atoms with Crippen molar-refractivity contribution in [2.75, 3.05) is 26.4 Å². The van der Waals surface area contributed by atoms with E-state index in [0.29, 0.717) is 54.0 Å². The maximum Gasteiger partial charge on any atom is 0.338 e. The maximum absolute atomic E-state index is 13.2. The Hall–Kier alpha value is -5.76. The van der Waals surface area contributed by atoms with E-state index in [1.807, 2.05) is 67.6 Å². The minimum atomic E-state index is -0.497. The minimum Gasteiger partial charge on any atom is -0.462 e. The molecule has 0 amide bonds. The largest absolute Gasteiger partial charge is 0.462 e. The lowest BCUT2D eigenvalue weighted by atomic mass is 9.97. The van der Waals surface area contributed by atoms with Crippen LogP contribution in [0.15, 0.2) is 117 Å². The van der Waals surface area contributed by atoms with Crippen molar-refractivity contribution in [1.29, 1.82) is 0 Å². The van der Waals surface area contributed by atoms with Crippen LogP contribution >= 0.6 is 0 Å². The van der Waals surface area contributed by atoms with Crippen LogP contribution in [0.1, 0.15) is 150 Å². The van der Waals surface area contributed by atoms with E-state index in [0.717, 1.165) is 80.9 Å². The van der Waals surface area contributed by atoms with E-state index in [1.165, 1.54) is 6.07 Å². The van der Waals surface area contributed by atoms with Gasteiger partial charge in [0, 0.05) is 0 Å². The maximum atomic E-state index is 13.2. The van der Waals surface area contributed by atoms with Crippen molar-refractivity contribution in [3.05, 3.63) is 150 Å². The topological polar surface area (TPSA) is 105 Å². The van der Waals surface area contributed by atoms with Crippen LogP contribution in [0.5, 0.6) is 0 Å². The van der Waals surface area contributed by atoms with Gasteiger partial charge in [0.15, 0.2) is 0 Å². The molecule has 0 aliphatic heterocycles. The van der Waals surface area contributed by atoms with Crippen LogP contribution in [0.25, 0.3) is 16.7 Å². The lowest BCUT2D eigenvalue weighted by Crippen LogP contribution is -2.11. The van der Waals surface area contributed by atoms with E-state index in [4.69, 9.17) is 18.9 Å². The fourth-order valence-electron chi connectivity index (χ4n) is 6.39. The van der Waals surface area contributed by atoms with Crippen LogP contribution < -0.4 is 0 Å². The molecule has 0 aliphatic carbocycles. The molecule has 0 aliphatic rings. The van der Waals surface area contributed by atoms with Crippen molar-refractivity contribution in [1.82, 2.24) is 0 Å². The molecule has 3 aromatic carbocycles. The highest BCUT2D eigenvalue weighted by atomic mass is 16.5. The van der Waals surface area contributed by atoms with Crippen LogP contribution in [0, 0.1) is 5.92 Å². The number of rotatable bonds is 29. The molecule has 0 unspecified atom stereocenters. The second kappa shape index (κ2) is 28.7. The number of carbonyl (C=O) groups excluding carboxylic acids is 4. The van der Waals surface area contributed by atoms with Crippen LogP contribution in [0.3, 0.4) is 0 Å². The number of carbonyl (C=O) groups is 4. The zero-order valence-corrected chi connectivity index (χ0v) is 36.7. The summed E-state index contributed by atoms with van der Waals surface area (Å²) in [6, 6.07) is 18.0. The van der Waals surface area contributed by atoms with Gasteiger partial charge in [-0.2, -0.15) is 0 Å². The Kier molecular flexibility index (Phi) is 23.3. The zero-order valence-electron chi connectivity index (χ0n) is 36.7. The standard InChI is InChI=1S/C53H66O8/c1-7-11-14-18-30-58-50(54)46-34-44(35-47(38-46)51(55)59-31-19-15-12-8-2)42(10-4)25-22-24-41-26-28-43(29-27-41)45-36-48(52(56)60-32-20-16-13-9-3)39-49(37-45)53(57)61-33-21-17-23-40(5)6/h7-10,22,25-29,34-40H,1-3,11-21,23-24,30-33H2,4-6H3/b25-22-,42-10+. The van der Waals surface area contributed by atoms with E-state index in [1.54, 1.807) is 30.3 Å². The smallest absolute Gasteiger partial charge is 0.338 e. The van der Waals surface area contributed by atoms with Crippen molar-refractivity contribution in [3.63, 3.8) is 0 Å². The Bertz CT molecular complexity index is 1900. The fraction of sp³-hybridized carbons (Fsp3) is 0.396. The molecule has 0 aromatic heterocycles. The molecule has 8 heteroatoms. The van der Waals surface area contributed by atoms with Gasteiger partial charge in [0.2, 0.25) is 0 Å². The predicted molar refractivity (Wildman–Crippen MR) is 247 cm³/mol. The lowest BCUT2D eigenvalue weighted by molar-refractivity contribution is 0.0478. The molecule has 8 nitrogen and oxygen atoms in total. The van der Waals surface area contributed by atoms with Crippen molar-refractivity contribution in [2.24, 2.45) is 5.92 Å². The van der Waals surface area contributed by atoms with E-state index in [-0.39, 0.29) is 30.9 Å². The van der Waals surface area contributed by atoms with Crippen LogP contribution in [-0.2, 0) is 25.4 Å². The number of ether oxygens (including phenoxy) is 4. The van der Waals surface area contributed by atoms with E-state index in [2.05, 4.69) is 33.6 Å². The number of allylic oxidation sites excluding steroid dienone is 7. The molecular formula is C53H66O8. The molecule has 3 aromatic rings. The molecule has 3 rings (SSSR count). The molecule has 326 valence electrons. The van der Waals surface area contributed by atoms with E-state index < -0.39 is 23.9 Å². The number of hydrogen-bond donors (Lipinski definition) is 0. The van der Waals surface area contributed by atoms with Crippen molar-refractivity contribution in [2.45, 2.75) is 104 Å². The van der Waals surface area contributed by atoms with Crippen LogP contribution in [0.2, 0.25) is 0 Å². The Labute approximate surface area is 364 Å². The molecule has 0 atom stereocenters. The number of hydrogen-bond acceptors (Lipinski definition) is 8. The first-order valence-corrected chi connectivity index (χ1v) is 21.8. The second-order valence-electron chi connectivity index (χ2n) is 15.4. The Morgan fingerprint density at radius 2 is 0.918 bits per heavy atom. The summed E-state index contributed by atoms with van der Waals surface area (Å²) < 4.78 is 22.3. The third-order valence-corrected chi connectivity index (χ3v) is 9.91. The SMILES string of the molecule is C=CCCCCOC(=O)c1cc(C(=O)OCCCCC=C)cc(C(/C=C\Cc2ccc(-c3cc(C(=O)OCCCCC=C)cc(C(=O)OCCCCC(C)C)c3)cc2)=C/C)c1. The van der Waals surface area contributed by atoms with Gasteiger partial charge in [-0.15, -0.1) is 19.7 Å². The minimum absolute atomic E-state index is 0.274. The molecule has 0 fully saturated rings. The van der Waals surface area contributed by atoms with Crippen molar-refractivity contribution >= 4 is 29.5 Å². The van der Waals surface area contributed by atoms with E-state index in [9.17, 15) is 19.2 Å². The third-order valence-electron chi connectivity index (χ3n) is 9.91. The average Bonchev–Trinajstić information content (AvgIpc) is 3.27. The first-order valence-electron chi connectivity index (χ1n) is 21.8.